The van der Waals surface area contributed by atoms with Crippen molar-refractivity contribution < 1.29 is 5.11 Å². The Morgan fingerprint density at radius 2 is 2.15 bits per heavy atom. The molecule has 0 saturated carbocycles. The quantitative estimate of drug-likeness (QED) is 0.833. The van der Waals surface area contributed by atoms with E-state index >= 15 is 0 Å². The number of aliphatic hydroxyl groups excluding tert-OH is 1. The second kappa shape index (κ2) is 4.75. The number of anilines is 1. The smallest absolute Gasteiger partial charge is 0.147 e. The van der Waals surface area contributed by atoms with Crippen LogP contribution in [0.1, 0.15) is 19.9 Å². The van der Waals surface area contributed by atoms with E-state index in [0.717, 1.165) is 11.2 Å². The van der Waals surface area contributed by atoms with Gasteiger partial charge in [0.05, 0.1) is 23.1 Å². The summed E-state index contributed by atoms with van der Waals surface area (Å²) in [6.45, 7) is 4.38. The maximum atomic E-state index is 9.43. The molecular formula is C14H17ClN4O. The van der Waals surface area contributed by atoms with E-state index < -0.39 is 0 Å². The highest BCUT2D eigenvalue weighted by atomic mass is 35.5. The van der Waals surface area contributed by atoms with Crippen molar-refractivity contribution in [2.75, 3.05) is 12.3 Å². The van der Waals surface area contributed by atoms with Gasteiger partial charge in [-0.05, 0) is 17.4 Å². The molecule has 0 radical (unpaired) electrons. The number of hydrogen-bond acceptors (Lipinski definition) is 4. The molecule has 20 heavy (non-hydrogen) atoms. The summed E-state index contributed by atoms with van der Waals surface area (Å²) < 4.78 is 2.03. The molecular weight excluding hydrogens is 276 g/mol. The average molecular weight is 293 g/mol. The molecule has 0 aliphatic heterocycles. The number of rotatable bonds is 2. The number of halogens is 1. The van der Waals surface area contributed by atoms with Crippen LogP contribution in [-0.4, -0.2) is 26.2 Å². The van der Waals surface area contributed by atoms with Gasteiger partial charge in [0, 0.05) is 6.20 Å². The first-order valence-corrected chi connectivity index (χ1v) is 7.00. The van der Waals surface area contributed by atoms with Crippen molar-refractivity contribution in [2.24, 2.45) is 11.8 Å². The van der Waals surface area contributed by atoms with Crippen LogP contribution >= 0.6 is 11.6 Å². The maximum Gasteiger partial charge on any atom is 0.147 e. The van der Waals surface area contributed by atoms with Gasteiger partial charge in [0.15, 0.2) is 0 Å². The molecule has 5 nitrogen and oxygen atoms in total. The monoisotopic (exact) mass is 292 g/mol. The van der Waals surface area contributed by atoms with E-state index in [2.05, 4.69) is 29.9 Å². The van der Waals surface area contributed by atoms with Gasteiger partial charge < -0.3 is 15.4 Å². The molecule has 1 aliphatic carbocycles. The zero-order valence-electron chi connectivity index (χ0n) is 11.4. The van der Waals surface area contributed by atoms with Crippen LogP contribution in [0.2, 0.25) is 5.02 Å². The van der Waals surface area contributed by atoms with Crippen molar-refractivity contribution in [1.29, 1.82) is 0 Å². The maximum absolute atomic E-state index is 9.43. The van der Waals surface area contributed by atoms with Crippen molar-refractivity contribution in [3.8, 4) is 0 Å². The minimum Gasteiger partial charge on any atom is -0.392 e. The van der Waals surface area contributed by atoms with Crippen LogP contribution in [0.3, 0.4) is 0 Å². The zero-order chi connectivity index (χ0) is 14.4. The van der Waals surface area contributed by atoms with Crippen LogP contribution in [-0.2, 0) is 0 Å². The summed E-state index contributed by atoms with van der Waals surface area (Å²) in [4.78, 5) is 8.30. The van der Waals surface area contributed by atoms with Gasteiger partial charge in [-0.15, -0.1) is 0 Å². The van der Waals surface area contributed by atoms with E-state index in [-0.39, 0.29) is 12.6 Å². The Hall–Kier alpha value is -1.59. The standard InChI is InChI=1S/C14H17ClN4O/c1-7-8(2)11(3-9(7)5-20)19-4-10(15)12-13(16)17-6-18-14(12)19/h3-4,6-8,11,20H,5H2,1-2H3,(H2,16,17,18)/t7-,8?,11-/m1/s1. The number of aliphatic hydroxyl groups is 1. The molecule has 0 aromatic carbocycles. The molecule has 2 aromatic rings. The number of fused-ring (bicyclic) bond motifs is 1. The van der Waals surface area contributed by atoms with Crippen LogP contribution in [0.5, 0.6) is 0 Å². The second-order valence-corrected chi connectivity index (χ2v) is 5.79. The Morgan fingerprint density at radius 1 is 1.40 bits per heavy atom. The summed E-state index contributed by atoms with van der Waals surface area (Å²) in [5, 5.41) is 10.7. The van der Waals surface area contributed by atoms with E-state index in [4.69, 9.17) is 17.3 Å². The first kappa shape index (κ1) is 13.4. The van der Waals surface area contributed by atoms with Crippen molar-refractivity contribution >= 4 is 28.5 Å². The number of nitrogens with two attached hydrogens (primary N) is 1. The van der Waals surface area contributed by atoms with Gasteiger partial charge in [0.25, 0.3) is 0 Å². The average Bonchev–Trinajstić information content (AvgIpc) is 2.90. The molecule has 0 saturated heterocycles. The van der Waals surface area contributed by atoms with Crippen molar-refractivity contribution in [2.45, 2.75) is 19.9 Å². The molecule has 2 aromatic heterocycles. The fraction of sp³-hybridized carbons (Fsp3) is 0.429. The van der Waals surface area contributed by atoms with Gasteiger partial charge in [-0.3, -0.25) is 0 Å². The number of allylic oxidation sites excluding steroid dienone is 1. The lowest BCUT2D eigenvalue weighted by molar-refractivity contribution is 0.301. The third-order valence-electron chi connectivity index (χ3n) is 4.39. The van der Waals surface area contributed by atoms with Gasteiger partial charge in [-0.25, -0.2) is 9.97 Å². The summed E-state index contributed by atoms with van der Waals surface area (Å²) in [7, 11) is 0. The predicted molar refractivity (Wildman–Crippen MR) is 79.5 cm³/mol. The number of hydrogen-bond donors (Lipinski definition) is 2. The van der Waals surface area contributed by atoms with E-state index in [0.29, 0.717) is 28.1 Å². The summed E-state index contributed by atoms with van der Waals surface area (Å²) >= 11 is 6.26. The first-order chi connectivity index (χ1) is 9.54. The Morgan fingerprint density at radius 3 is 2.80 bits per heavy atom. The van der Waals surface area contributed by atoms with E-state index in [1.165, 1.54) is 6.33 Å². The first-order valence-electron chi connectivity index (χ1n) is 6.62. The highest BCUT2D eigenvalue weighted by Crippen LogP contribution is 2.41. The fourth-order valence-corrected chi connectivity index (χ4v) is 3.26. The van der Waals surface area contributed by atoms with Crippen molar-refractivity contribution in [1.82, 2.24) is 14.5 Å². The Balaban J connectivity index is 2.17. The Bertz CT molecular complexity index is 694. The molecule has 1 unspecified atom stereocenters. The highest BCUT2D eigenvalue weighted by Gasteiger charge is 2.33. The normalized spacial score (nSPS) is 26.2. The molecule has 106 valence electrons. The molecule has 0 spiro atoms. The molecule has 6 heteroatoms. The molecule has 2 heterocycles. The largest absolute Gasteiger partial charge is 0.392 e. The predicted octanol–water partition coefficient (Wildman–Crippen LogP) is 2.41. The zero-order valence-corrected chi connectivity index (χ0v) is 12.2. The minimum atomic E-state index is 0.0893. The van der Waals surface area contributed by atoms with Crippen molar-refractivity contribution in [3.05, 3.63) is 29.2 Å². The van der Waals surface area contributed by atoms with Gasteiger partial charge in [0.2, 0.25) is 0 Å². The molecule has 3 atom stereocenters. The molecule has 3 N–H and O–H groups in total. The molecule has 3 rings (SSSR count). The number of nitrogens with zero attached hydrogens (tertiary/aromatic N) is 3. The molecule has 0 bridgehead atoms. The van der Waals surface area contributed by atoms with E-state index in [1.54, 1.807) is 0 Å². The van der Waals surface area contributed by atoms with Crippen LogP contribution in [0.4, 0.5) is 5.82 Å². The third-order valence-corrected chi connectivity index (χ3v) is 4.68. The lowest BCUT2D eigenvalue weighted by Crippen LogP contribution is -2.16. The summed E-state index contributed by atoms with van der Waals surface area (Å²) in [5.41, 5.74) is 7.68. The summed E-state index contributed by atoms with van der Waals surface area (Å²) in [6, 6.07) is 0.122. The minimum absolute atomic E-state index is 0.0893. The van der Waals surface area contributed by atoms with Gasteiger partial charge in [-0.1, -0.05) is 31.5 Å². The molecule has 0 fully saturated rings. The lowest BCUT2D eigenvalue weighted by Gasteiger charge is -2.21. The topological polar surface area (TPSA) is 77.0 Å². The number of aromatic nitrogens is 3. The number of nitrogen functional groups attached to an aromatic ring is 1. The van der Waals surface area contributed by atoms with Gasteiger partial charge >= 0.3 is 0 Å². The third kappa shape index (κ3) is 1.81. The summed E-state index contributed by atoms with van der Waals surface area (Å²) in [5.74, 6) is 1.09. The molecule has 1 aliphatic rings. The van der Waals surface area contributed by atoms with Crippen LogP contribution in [0.25, 0.3) is 11.0 Å². The Labute approximate surface area is 122 Å². The molecule has 0 amide bonds. The fourth-order valence-electron chi connectivity index (χ4n) is 2.98. The van der Waals surface area contributed by atoms with Gasteiger partial charge in [0.1, 0.15) is 17.8 Å². The van der Waals surface area contributed by atoms with Crippen molar-refractivity contribution in [3.63, 3.8) is 0 Å². The SMILES string of the molecule is CC1[C@H](n2cc(Cl)c3c(N)ncnc32)C=C(CO)[C@@H]1C. The highest BCUT2D eigenvalue weighted by molar-refractivity contribution is 6.36. The van der Waals surface area contributed by atoms with Gasteiger partial charge in [-0.2, -0.15) is 0 Å². The Kier molecular flexibility index (Phi) is 3.18. The van der Waals surface area contributed by atoms with E-state index in [1.807, 2.05) is 10.8 Å². The van der Waals surface area contributed by atoms with Crippen LogP contribution in [0.15, 0.2) is 24.2 Å². The lowest BCUT2D eigenvalue weighted by atomic mass is 9.93. The second-order valence-electron chi connectivity index (χ2n) is 5.38. The van der Waals surface area contributed by atoms with Crippen LogP contribution < -0.4 is 5.73 Å². The van der Waals surface area contributed by atoms with E-state index in [9.17, 15) is 5.11 Å². The summed E-state index contributed by atoms with van der Waals surface area (Å²) in [6.07, 6.45) is 5.40. The van der Waals surface area contributed by atoms with Crippen LogP contribution in [0, 0.1) is 11.8 Å².